The Balaban J connectivity index is 2.25. The Morgan fingerprint density at radius 1 is 1.30 bits per heavy atom. The molecule has 0 saturated heterocycles. The van der Waals surface area contributed by atoms with Gasteiger partial charge in [0.1, 0.15) is 6.54 Å². The third kappa shape index (κ3) is 3.61. The minimum Gasteiger partial charge on any atom is -0.748 e. The summed E-state index contributed by atoms with van der Waals surface area (Å²) >= 11 is 0. The van der Waals surface area contributed by atoms with Crippen LogP contribution in [0.5, 0.6) is 0 Å². The number of aromatic carboxylic acids is 1. The molecule has 0 spiro atoms. The van der Waals surface area contributed by atoms with Crippen molar-refractivity contribution in [2.24, 2.45) is 0 Å². The van der Waals surface area contributed by atoms with Gasteiger partial charge in [-0.3, -0.25) is 0 Å². The highest BCUT2D eigenvalue weighted by Crippen LogP contribution is 2.40. The molecular weight excluding hydrogens is 318 g/mol. The van der Waals surface area contributed by atoms with E-state index in [9.17, 15) is 17.8 Å². The van der Waals surface area contributed by atoms with Crippen LogP contribution in [0.25, 0.3) is 0 Å². The van der Waals surface area contributed by atoms with E-state index in [-0.39, 0.29) is 16.7 Å². The van der Waals surface area contributed by atoms with Crippen molar-refractivity contribution in [1.82, 2.24) is 0 Å². The summed E-state index contributed by atoms with van der Waals surface area (Å²) in [6.45, 7) is 6.67. The van der Waals surface area contributed by atoms with E-state index in [4.69, 9.17) is 5.11 Å². The molecule has 0 aliphatic carbocycles. The number of rotatable bonds is 6. The third-order valence-corrected chi connectivity index (χ3v) is 5.33. The van der Waals surface area contributed by atoms with Crippen molar-refractivity contribution in [3.63, 3.8) is 0 Å². The van der Waals surface area contributed by atoms with Gasteiger partial charge in [0.25, 0.3) is 0 Å². The molecule has 0 aromatic heterocycles. The van der Waals surface area contributed by atoms with Crippen molar-refractivity contribution in [2.75, 3.05) is 12.3 Å². The van der Waals surface area contributed by atoms with Gasteiger partial charge in [-0.2, -0.15) is 4.58 Å². The zero-order valence-corrected chi connectivity index (χ0v) is 14.3. The molecule has 0 amide bonds. The highest BCUT2D eigenvalue weighted by atomic mass is 32.2. The van der Waals surface area contributed by atoms with Crippen molar-refractivity contribution in [2.45, 2.75) is 39.0 Å². The van der Waals surface area contributed by atoms with E-state index in [1.165, 1.54) is 0 Å². The maximum absolute atomic E-state index is 11.2. The maximum Gasteiger partial charge on any atom is 0.335 e. The summed E-state index contributed by atoms with van der Waals surface area (Å²) in [6.07, 6.45) is 0.896. The maximum atomic E-state index is 11.2. The van der Waals surface area contributed by atoms with Crippen LogP contribution >= 0.6 is 0 Å². The molecule has 23 heavy (non-hydrogen) atoms. The molecule has 6 nitrogen and oxygen atoms in total. The summed E-state index contributed by atoms with van der Waals surface area (Å²) in [6, 6.07) is 5.07. The van der Waals surface area contributed by atoms with Crippen LogP contribution in [0.3, 0.4) is 0 Å². The summed E-state index contributed by atoms with van der Waals surface area (Å²) in [7, 11) is -4.17. The first-order valence-electron chi connectivity index (χ1n) is 7.47. The monoisotopic (exact) mass is 339 g/mol. The predicted octanol–water partition coefficient (Wildman–Crippen LogP) is 2.11. The Kier molecular flexibility index (Phi) is 4.64. The summed E-state index contributed by atoms with van der Waals surface area (Å²) in [4.78, 5) is 11.2. The van der Waals surface area contributed by atoms with Crippen molar-refractivity contribution < 1.29 is 27.4 Å². The molecule has 126 valence electrons. The number of unbranched alkanes of at least 4 members (excludes halogenated alkanes) is 1. The van der Waals surface area contributed by atoms with E-state index < -0.39 is 16.1 Å². The van der Waals surface area contributed by atoms with E-state index in [1.807, 2.05) is 20.8 Å². The van der Waals surface area contributed by atoms with Gasteiger partial charge in [0.05, 0.1) is 21.1 Å². The fraction of sp³-hybridized carbons (Fsp3) is 0.500. The lowest BCUT2D eigenvalue weighted by atomic mass is 9.81. The first-order valence-corrected chi connectivity index (χ1v) is 9.05. The molecular formula is C16H21NO5S. The van der Waals surface area contributed by atoms with Crippen LogP contribution in [0.15, 0.2) is 18.2 Å². The van der Waals surface area contributed by atoms with Gasteiger partial charge in [0, 0.05) is 30.7 Å². The predicted molar refractivity (Wildman–Crippen MR) is 85.7 cm³/mol. The third-order valence-electron chi connectivity index (χ3n) is 4.54. The van der Waals surface area contributed by atoms with Crippen LogP contribution in [0, 0.1) is 0 Å². The number of nitrogens with zero attached hydrogens (tertiary/aromatic N) is 1. The Morgan fingerprint density at radius 3 is 2.52 bits per heavy atom. The molecule has 1 aliphatic rings. The Hall–Kier alpha value is -1.73. The van der Waals surface area contributed by atoms with E-state index in [2.05, 4.69) is 4.58 Å². The number of fused-ring (bicyclic) bond motifs is 1. The number of carboxylic acid groups (broad SMARTS) is 1. The number of carbonyl (C=O) groups is 1. The van der Waals surface area contributed by atoms with Gasteiger partial charge in [0.2, 0.25) is 5.69 Å². The van der Waals surface area contributed by atoms with Crippen molar-refractivity contribution in [3.8, 4) is 0 Å². The van der Waals surface area contributed by atoms with Gasteiger partial charge in [-0.25, -0.2) is 13.2 Å². The Morgan fingerprint density at radius 2 is 1.96 bits per heavy atom. The standard InChI is InChI=1S/C16H21NO5S/c1-11-16(2,3)13-10-12(15(18)19)6-7-14(13)17(11)8-4-5-9-23(20,21)22/h6-7,10H,4-5,8-9H2,1-3H3,(H-,18,19,20,21,22). The van der Waals surface area contributed by atoms with Crippen LogP contribution in [-0.2, 0) is 15.5 Å². The molecule has 0 bridgehead atoms. The lowest BCUT2D eigenvalue weighted by molar-refractivity contribution is -0.439. The van der Waals surface area contributed by atoms with Crippen LogP contribution in [0.4, 0.5) is 5.69 Å². The average molecular weight is 339 g/mol. The second kappa shape index (κ2) is 6.05. The summed E-state index contributed by atoms with van der Waals surface area (Å²) in [5.74, 6) is -1.31. The summed E-state index contributed by atoms with van der Waals surface area (Å²) in [5.41, 5.74) is 2.95. The van der Waals surface area contributed by atoms with Crippen LogP contribution in [0.2, 0.25) is 0 Å². The fourth-order valence-electron chi connectivity index (χ4n) is 2.95. The zero-order valence-electron chi connectivity index (χ0n) is 13.5. The molecule has 0 atom stereocenters. The van der Waals surface area contributed by atoms with E-state index >= 15 is 0 Å². The largest absolute Gasteiger partial charge is 0.748 e. The van der Waals surface area contributed by atoms with Gasteiger partial charge in [-0.05, 0) is 32.4 Å². The second-order valence-corrected chi connectivity index (χ2v) is 7.89. The number of hydrogen-bond donors (Lipinski definition) is 1. The van der Waals surface area contributed by atoms with Gasteiger partial charge in [-0.15, -0.1) is 0 Å². The highest BCUT2D eigenvalue weighted by Gasteiger charge is 2.43. The van der Waals surface area contributed by atoms with Gasteiger partial charge in [0.15, 0.2) is 5.71 Å². The van der Waals surface area contributed by atoms with E-state index in [1.54, 1.807) is 18.2 Å². The van der Waals surface area contributed by atoms with Crippen molar-refractivity contribution >= 4 is 27.5 Å². The molecule has 1 aromatic carbocycles. The minimum atomic E-state index is -4.17. The fourth-order valence-corrected chi connectivity index (χ4v) is 3.51. The van der Waals surface area contributed by atoms with Crippen LogP contribution in [0.1, 0.15) is 49.5 Å². The summed E-state index contributed by atoms with van der Waals surface area (Å²) < 4.78 is 34.1. The lowest BCUT2D eigenvalue weighted by Gasteiger charge is -2.15. The van der Waals surface area contributed by atoms with E-state index in [0.29, 0.717) is 19.4 Å². The zero-order chi connectivity index (χ0) is 17.4. The average Bonchev–Trinajstić information content (AvgIpc) is 2.62. The molecule has 0 fully saturated rings. The van der Waals surface area contributed by atoms with Crippen LogP contribution in [-0.4, -0.2) is 46.6 Å². The Labute approximate surface area is 136 Å². The molecule has 0 saturated carbocycles. The quantitative estimate of drug-likeness (QED) is 0.486. The van der Waals surface area contributed by atoms with Gasteiger partial charge >= 0.3 is 5.97 Å². The SMILES string of the molecule is CC1=[N+](CCCCS(=O)(=O)[O-])c2ccc(C(=O)O)cc2C1(C)C. The molecule has 1 N–H and O–H groups in total. The molecule has 1 aliphatic heterocycles. The number of benzene rings is 1. The normalized spacial score (nSPS) is 16.5. The van der Waals surface area contributed by atoms with Gasteiger partial charge in [-0.1, -0.05) is 0 Å². The molecule has 1 heterocycles. The lowest BCUT2D eigenvalue weighted by Crippen LogP contribution is -2.27. The molecule has 7 heteroatoms. The minimum absolute atomic E-state index is 0.254. The molecule has 1 aromatic rings. The number of carboxylic acids is 1. The topological polar surface area (TPSA) is 97.5 Å². The Bertz CT molecular complexity index is 778. The first-order chi connectivity index (χ1) is 10.5. The molecule has 0 unspecified atom stereocenters. The van der Waals surface area contributed by atoms with Crippen molar-refractivity contribution in [3.05, 3.63) is 29.3 Å². The molecule has 2 rings (SSSR count). The smallest absolute Gasteiger partial charge is 0.335 e. The summed E-state index contributed by atoms with van der Waals surface area (Å²) in [5, 5.41) is 9.16. The van der Waals surface area contributed by atoms with E-state index in [0.717, 1.165) is 17.0 Å². The highest BCUT2D eigenvalue weighted by molar-refractivity contribution is 7.85. The molecule has 0 radical (unpaired) electrons. The van der Waals surface area contributed by atoms with Crippen molar-refractivity contribution in [1.29, 1.82) is 0 Å². The second-order valence-electron chi connectivity index (χ2n) is 6.37. The van der Waals surface area contributed by atoms with Gasteiger partial charge < -0.3 is 9.66 Å². The van der Waals surface area contributed by atoms with Crippen LogP contribution < -0.4 is 0 Å². The first kappa shape index (κ1) is 17.6. The number of hydrogen-bond acceptors (Lipinski definition) is 4.